The quantitative estimate of drug-likeness (QED) is 0.0397. The number of nitrogens with zero attached hydrogens (tertiary/aromatic N) is 1. The predicted octanol–water partition coefficient (Wildman–Crippen LogP) is 14.2. The van der Waals surface area contributed by atoms with Crippen molar-refractivity contribution in [2.75, 3.05) is 27.2 Å². The summed E-state index contributed by atoms with van der Waals surface area (Å²) in [6.45, 7) is 9.20. The van der Waals surface area contributed by atoms with E-state index in [1.807, 2.05) is 6.92 Å². The first-order chi connectivity index (χ1) is 21.0. The Morgan fingerprint density at radius 2 is 0.488 bits per heavy atom. The third-order valence-corrected chi connectivity index (χ3v) is 9.40. The lowest BCUT2D eigenvalue weighted by Crippen LogP contribution is -2.41. The molecule has 0 saturated heterocycles. The molecule has 0 unspecified atom stereocenters. The number of quaternary nitrogens is 1. The van der Waals surface area contributed by atoms with Gasteiger partial charge in [0.2, 0.25) is 0 Å². The minimum atomic E-state index is 0.639. The van der Waals surface area contributed by atoms with Crippen LogP contribution in [0, 0.1) is 0 Å². The van der Waals surface area contributed by atoms with Crippen LogP contribution in [0.1, 0.15) is 233 Å². The molecule has 0 aliphatic rings. The highest BCUT2D eigenvalue weighted by atomic mass is 16.1. The molecule has 0 aliphatic carbocycles. The van der Waals surface area contributed by atoms with Gasteiger partial charge in [-0.2, -0.15) is 0 Å². The molecule has 0 heterocycles. The molecule has 0 aromatic heterocycles. The molecule has 0 fully saturated rings. The molecular formula is C41H86NO+. The molecule has 0 amide bonds. The molecule has 0 bridgehead atoms. The largest absolute Gasteiger partial charge is 0.328 e. The molecule has 0 aliphatic heterocycles. The van der Waals surface area contributed by atoms with Crippen LogP contribution in [0.5, 0.6) is 0 Å². The molecule has 0 N–H and O–H groups in total. The van der Waals surface area contributed by atoms with Crippen molar-refractivity contribution in [3.63, 3.8) is 0 Å². The number of hydrogen-bond donors (Lipinski definition) is 0. The maximum Gasteiger partial charge on any atom is 0.119 e. The van der Waals surface area contributed by atoms with Gasteiger partial charge in [-0.25, -0.2) is 0 Å². The van der Waals surface area contributed by atoms with Gasteiger partial charge in [0, 0.05) is 6.42 Å². The summed E-state index contributed by atoms with van der Waals surface area (Å²) in [6, 6.07) is 0. The minimum absolute atomic E-state index is 0.639. The Balaban J connectivity index is 0. The smallest absolute Gasteiger partial charge is 0.119 e. The Kier molecular flexibility index (Phi) is 41.3. The molecule has 2 heteroatoms. The first-order valence-electron chi connectivity index (χ1n) is 20.3. The maximum absolute atomic E-state index is 9.17. The Hall–Kier alpha value is -0.370. The van der Waals surface area contributed by atoms with E-state index in [0.29, 0.717) is 6.42 Å². The van der Waals surface area contributed by atoms with Crippen molar-refractivity contribution in [1.82, 2.24) is 0 Å². The van der Waals surface area contributed by atoms with Gasteiger partial charge in [0.05, 0.1) is 27.2 Å². The van der Waals surface area contributed by atoms with Crippen LogP contribution in [0.4, 0.5) is 0 Å². The van der Waals surface area contributed by atoms with Crippen LogP contribution in [0.25, 0.3) is 0 Å². The summed E-state index contributed by atoms with van der Waals surface area (Å²) in [6.07, 6.45) is 48.4. The van der Waals surface area contributed by atoms with E-state index in [9.17, 15) is 4.79 Å². The first kappa shape index (κ1) is 44.8. The van der Waals surface area contributed by atoms with Gasteiger partial charge in [0.15, 0.2) is 0 Å². The zero-order chi connectivity index (χ0) is 32.0. The van der Waals surface area contributed by atoms with Gasteiger partial charge in [-0.15, -0.1) is 0 Å². The molecule has 0 radical (unpaired) electrons. The number of aldehydes is 1. The standard InChI is InChI=1S/C38H80N.C3H6O/c1-5-7-9-11-13-15-17-19-21-23-25-27-29-31-33-35-37-39(3,4)38-36-34-32-30-28-26-24-22-20-18-16-14-12-10-8-6-2;1-2-3-4/h5-38H2,1-4H3;3H,2H2,1H3/q+1;. The second-order valence-corrected chi connectivity index (χ2v) is 14.6. The fourth-order valence-corrected chi connectivity index (χ4v) is 6.29. The summed E-state index contributed by atoms with van der Waals surface area (Å²) in [5, 5.41) is 0. The zero-order valence-corrected chi connectivity index (χ0v) is 31.2. The van der Waals surface area contributed by atoms with E-state index in [1.54, 1.807) is 0 Å². The van der Waals surface area contributed by atoms with Gasteiger partial charge >= 0.3 is 0 Å². The van der Waals surface area contributed by atoms with Crippen molar-refractivity contribution in [3.05, 3.63) is 0 Å². The molecule has 0 saturated carbocycles. The fraction of sp³-hybridized carbons (Fsp3) is 0.976. The van der Waals surface area contributed by atoms with Crippen molar-refractivity contribution in [2.45, 2.75) is 233 Å². The van der Waals surface area contributed by atoms with Crippen LogP contribution >= 0.6 is 0 Å². The van der Waals surface area contributed by atoms with Crippen LogP contribution in [-0.2, 0) is 4.79 Å². The van der Waals surface area contributed by atoms with Crippen LogP contribution in [-0.4, -0.2) is 38.0 Å². The van der Waals surface area contributed by atoms with Crippen LogP contribution in [0.15, 0.2) is 0 Å². The monoisotopic (exact) mass is 609 g/mol. The van der Waals surface area contributed by atoms with E-state index in [4.69, 9.17) is 0 Å². The second-order valence-electron chi connectivity index (χ2n) is 14.6. The summed E-state index contributed by atoms with van der Waals surface area (Å²) in [5.41, 5.74) is 0. The molecule has 2 nitrogen and oxygen atoms in total. The highest BCUT2D eigenvalue weighted by Gasteiger charge is 2.13. The first-order valence-corrected chi connectivity index (χ1v) is 20.3. The number of unbranched alkanes of at least 4 members (excludes halogenated alkanes) is 30. The highest BCUT2D eigenvalue weighted by Crippen LogP contribution is 2.16. The maximum atomic E-state index is 9.17. The third-order valence-electron chi connectivity index (χ3n) is 9.40. The van der Waals surface area contributed by atoms with E-state index in [1.165, 1.54) is 223 Å². The lowest BCUT2D eigenvalue weighted by molar-refractivity contribution is -0.890. The Bertz CT molecular complexity index is 450. The van der Waals surface area contributed by atoms with Gasteiger partial charge in [0.25, 0.3) is 0 Å². The summed E-state index contributed by atoms with van der Waals surface area (Å²) in [4.78, 5) is 9.17. The number of rotatable bonds is 35. The normalized spacial score (nSPS) is 11.5. The van der Waals surface area contributed by atoms with Crippen LogP contribution in [0.3, 0.4) is 0 Å². The summed E-state index contributed by atoms with van der Waals surface area (Å²) in [7, 11) is 4.94. The number of hydrogen-bond acceptors (Lipinski definition) is 1. The molecule has 0 aromatic carbocycles. The highest BCUT2D eigenvalue weighted by molar-refractivity contribution is 5.48. The molecule has 0 rings (SSSR count). The molecule has 260 valence electrons. The summed E-state index contributed by atoms with van der Waals surface area (Å²) in [5.74, 6) is 0. The molecule has 0 spiro atoms. The molecular weight excluding hydrogens is 522 g/mol. The zero-order valence-electron chi connectivity index (χ0n) is 31.2. The Morgan fingerprint density at radius 3 is 0.651 bits per heavy atom. The minimum Gasteiger partial charge on any atom is -0.328 e. The van der Waals surface area contributed by atoms with Gasteiger partial charge < -0.3 is 9.28 Å². The molecule has 0 aromatic rings. The molecule has 43 heavy (non-hydrogen) atoms. The average molecular weight is 609 g/mol. The predicted molar refractivity (Wildman–Crippen MR) is 197 cm³/mol. The van der Waals surface area contributed by atoms with Gasteiger partial charge in [0.1, 0.15) is 6.29 Å². The lowest BCUT2D eigenvalue weighted by Gasteiger charge is -2.30. The molecule has 0 atom stereocenters. The van der Waals surface area contributed by atoms with Crippen molar-refractivity contribution in [2.24, 2.45) is 0 Å². The number of carbonyl (C=O) groups excluding carboxylic acids is 1. The van der Waals surface area contributed by atoms with Gasteiger partial charge in [-0.05, 0) is 25.7 Å². The third kappa shape index (κ3) is 43.8. The topological polar surface area (TPSA) is 17.1 Å². The average Bonchev–Trinajstić information content (AvgIpc) is 3.00. The van der Waals surface area contributed by atoms with Crippen LogP contribution < -0.4 is 0 Å². The Labute approximate surface area is 274 Å². The van der Waals surface area contributed by atoms with Crippen molar-refractivity contribution < 1.29 is 9.28 Å². The van der Waals surface area contributed by atoms with Crippen LogP contribution in [0.2, 0.25) is 0 Å². The van der Waals surface area contributed by atoms with Crippen molar-refractivity contribution >= 4 is 6.29 Å². The number of carbonyl (C=O) groups is 1. The van der Waals surface area contributed by atoms with Crippen molar-refractivity contribution in [1.29, 1.82) is 0 Å². The SMILES string of the molecule is CCC=O.CCCCCCCCCCCCCCCCCC[N+](C)(C)CCCCCCCCCCCCCCCCCC. The van der Waals surface area contributed by atoms with E-state index < -0.39 is 0 Å². The summed E-state index contributed by atoms with van der Waals surface area (Å²) < 4.78 is 1.25. The van der Waals surface area contributed by atoms with Gasteiger partial charge in [-0.1, -0.05) is 201 Å². The summed E-state index contributed by atoms with van der Waals surface area (Å²) >= 11 is 0. The fourth-order valence-electron chi connectivity index (χ4n) is 6.29. The van der Waals surface area contributed by atoms with E-state index >= 15 is 0 Å². The van der Waals surface area contributed by atoms with E-state index in [0.717, 1.165) is 6.29 Å². The van der Waals surface area contributed by atoms with E-state index in [2.05, 4.69) is 27.9 Å². The lowest BCUT2D eigenvalue weighted by atomic mass is 10.0. The Morgan fingerprint density at radius 1 is 0.326 bits per heavy atom. The van der Waals surface area contributed by atoms with E-state index in [-0.39, 0.29) is 0 Å². The van der Waals surface area contributed by atoms with Crippen molar-refractivity contribution in [3.8, 4) is 0 Å². The van der Waals surface area contributed by atoms with Gasteiger partial charge in [-0.3, -0.25) is 0 Å². The second kappa shape index (κ2) is 39.7.